The molecule has 0 spiro atoms. The highest BCUT2D eigenvalue weighted by Gasteiger charge is 2.20. The first-order valence-corrected chi connectivity index (χ1v) is 9.06. The van der Waals surface area contributed by atoms with Crippen molar-refractivity contribution in [1.29, 1.82) is 0 Å². The van der Waals surface area contributed by atoms with Crippen LogP contribution >= 0.6 is 0 Å². The fourth-order valence-electron chi connectivity index (χ4n) is 3.47. The summed E-state index contributed by atoms with van der Waals surface area (Å²) in [6, 6.07) is 12.3. The number of nitrogens with one attached hydrogen (secondary N) is 3. The van der Waals surface area contributed by atoms with Crippen LogP contribution in [-0.4, -0.2) is 25.6 Å². The second kappa shape index (κ2) is 6.46. The molecule has 0 aliphatic carbocycles. The molecule has 3 N–H and O–H groups in total. The first-order chi connectivity index (χ1) is 12.9. The molecule has 0 saturated heterocycles. The van der Waals surface area contributed by atoms with E-state index in [4.69, 9.17) is 0 Å². The molecule has 0 aliphatic rings. The van der Waals surface area contributed by atoms with Crippen molar-refractivity contribution in [3.05, 3.63) is 64.3 Å². The molecule has 0 amide bonds. The monoisotopic (exact) mass is 361 g/mol. The average molecular weight is 361 g/mol. The predicted octanol–water partition coefficient (Wildman–Crippen LogP) is 4.15. The third kappa shape index (κ3) is 3.03. The maximum atomic E-state index is 12.9. The number of anilines is 1. The number of aryl methyl sites for hydroxylation is 2. The SMILES string of the molecule is Cc1ccc(-c2c(NC(C)C)[nH]c(=O)n2-c2ccc3nc[nH]c3c2)c(C)c1. The summed E-state index contributed by atoms with van der Waals surface area (Å²) < 4.78 is 1.72. The molecular formula is C21H23N5O. The van der Waals surface area contributed by atoms with Crippen LogP contribution in [0.25, 0.3) is 28.0 Å². The molecule has 0 atom stereocenters. The van der Waals surface area contributed by atoms with Gasteiger partial charge in [-0.05, 0) is 51.5 Å². The second-order valence-electron chi connectivity index (χ2n) is 7.21. The van der Waals surface area contributed by atoms with E-state index < -0.39 is 0 Å². The third-order valence-electron chi connectivity index (χ3n) is 4.63. The fraction of sp³-hybridized carbons (Fsp3) is 0.238. The van der Waals surface area contributed by atoms with E-state index in [0.717, 1.165) is 39.4 Å². The minimum absolute atomic E-state index is 0.174. The summed E-state index contributed by atoms with van der Waals surface area (Å²) in [5.41, 5.74) is 6.56. The normalized spacial score (nSPS) is 11.4. The van der Waals surface area contributed by atoms with Gasteiger partial charge in [-0.15, -0.1) is 0 Å². The van der Waals surface area contributed by atoms with Gasteiger partial charge in [-0.3, -0.25) is 9.55 Å². The van der Waals surface area contributed by atoms with Gasteiger partial charge in [0.05, 0.1) is 28.7 Å². The lowest BCUT2D eigenvalue weighted by molar-refractivity contribution is 0.891. The minimum Gasteiger partial charge on any atom is -0.368 e. The molecule has 6 heteroatoms. The van der Waals surface area contributed by atoms with Gasteiger partial charge in [-0.1, -0.05) is 23.8 Å². The van der Waals surface area contributed by atoms with Crippen LogP contribution in [0.1, 0.15) is 25.0 Å². The Kier molecular flexibility index (Phi) is 4.11. The smallest absolute Gasteiger partial charge is 0.332 e. The lowest BCUT2D eigenvalue weighted by Gasteiger charge is -2.15. The molecule has 0 radical (unpaired) electrons. The molecule has 6 nitrogen and oxygen atoms in total. The summed E-state index contributed by atoms with van der Waals surface area (Å²) in [5.74, 6) is 0.728. The largest absolute Gasteiger partial charge is 0.368 e. The van der Waals surface area contributed by atoms with Crippen LogP contribution in [0.15, 0.2) is 47.5 Å². The molecule has 2 aromatic carbocycles. The van der Waals surface area contributed by atoms with Crippen LogP contribution in [0.3, 0.4) is 0 Å². The van der Waals surface area contributed by atoms with Gasteiger partial charge in [0.1, 0.15) is 5.82 Å². The summed E-state index contributed by atoms with van der Waals surface area (Å²) in [6.45, 7) is 8.25. The molecule has 0 unspecified atom stereocenters. The summed E-state index contributed by atoms with van der Waals surface area (Å²) in [6.07, 6.45) is 1.66. The minimum atomic E-state index is -0.174. The van der Waals surface area contributed by atoms with Crippen molar-refractivity contribution in [1.82, 2.24) is 19.5 Å². The molecule has 2 heterocycles. The van der Waals surface area contributed by atoms with Crippen molar-refractivity contribution >= 4 is 16.9 Å². The van der Waals surface area contributed by atoms with E-state index >= 15 is 0 Å². The van der Waals surface area contributed by atoms with E-state index in [1.54, 1.807) is 10.9 Å². The van der Waals surface area contributed by atoms with Gasteiger partial charge in [0.15, 0.2) is 0 Å². The van der Waals surface area contributed by atoms with E-state index in [9.17, 15) is 4.79 Å². The molecule has 0 bridgehead atoms. The number of hydrogen-bond acceptors (Lipinski definition) is 3. The molecule has 0 saturated carbocycles. The van der Waals surface area contributed by atoms with Gasteiger partial charge in [0, 0.05) is 11.6 Å². The quantitative estimate of drug-likeness (QED) is 0.511. The Hall–Kier alpha value is -3.28. The molecule has 0 fully saturated rings. The van der Waals surface area contributed by atoms with Crippen molar-refractivity contribution in [3.8, 4) is 16.9 Å². The lowest BCUT2D eigenvalue weighted by Crippen LogP contribution is -2.15. The van der Waals surface area contributed by atoms with E-state index in [2.05, 4.69) is 66.2 Å². The number of rotatable bonds is 4. The zero-order valence-corrected chi connectivity index (χ0v) is 15.9. The topological polar surface area (TPSA) is 78.5 Å². The van der Waals surface area contributed by atoms with Crippen LogP contribution in [0.4, 0.5) is 5.82 Å². The van der Waals surface area contributed by atoms with Gasteiger partial charge in [0.25, 0.3) is 0 Å². The Bertz CT molecular complexity index is 1180. The zero-order valence-electron chi connectivity index (χ0n) is 15.9. The number of aromatic nitrogens is 4. The number of imidazole rings is 2. The highest BCUT2D eigenvalue weighted by Crippen LogP contribution is 2.32. The van der Waals surface area contributed by atoms with Gasteiger partial charge >= 0.3 is 5.69 Å². The van der Waals surface area contributed by atoms with E-state index in [1.165, 1.54) is 5.56 Å². The molecular weight excluding hydrogens is 338 g/mol. The van der Waals surface area contributed by atoms with Gasteiger partial charge in [0.2, 0.25) is 0 Å². The number of benzene rings is 2. The zero-order chi connectivity index (χ0) is 19.1. The summed E-state index contributed by atoms with van der Waals surface area (Å²) >= 11 is 0. The predicted molar refractivity (Wildman–Crippen MR) is 110 cm³/mol. The summed E-state index contributed by atoms with van der Waals surface area (Å²) in [4.78, 5) is 23.3. The van der Waals surface area contributed by atoms with E-state index in [-0.39, 0.29) is 11.7 Å². The molecule has 27 heavy (non-hydrogen) atoms. The first kappa shape index (κ1) is 17.1. The molecule has 0 aliphatic heterocycles. The van der Waals surface area contributed by atoms with Crippen LogP contribution in [0.5, 0.6) is 0 Å². The Morgan fingerprint density at radius 2 is 1.93 bits per heavy atom. The highest BCUT2D eigenvalue weighted by molar-refractivity contribution is 5.80. The Labute approximate surface area is 157 Å². The van der Waals surface area contributed by atoms with Gasteiger partial charge in [-0.25, -0.2) is 9.78 Å². The number of fused-ring (bicyclic) bond motifs is 1. The number of hydrogen-bond donors (Lipinski definition) is 3. The number of nitrogens with zero attached hydrogens (tertiary/aromatic N) is 2. The van der Waals surface area contributed by atoms with Crippen molar-refractivity contribution in [2.45, 2.75) is 33.7 Å². The first-order valence-electron chi connectivity index (χ1n) is 9.06. The molecule has 138 valence electrons. The standard InChI is InChI=1S/C21H23N5O/c1-12(2)24-20-19(16-7-5-13(3)9-14(16)4)26(21(27)25-20)15-6-8-17-18(10-15)23-11-22-17/h5-12,24H,1-4H3,(H,22,23)(H,25,27). The van der Waals surface area contributed by atoms with Crippen LogP contribution in [0.2, 0.25) is 0 Å². The van der Waals surface area contributed by atoms with Crippen molar-refractivity contribution in [2.24, 2.45) is 0 Å². The van der Waals surface area contributed by atoms with E-state index in [0.29, 0.717) is 0 Å². The maximum absolute atomic E-state index is 12.9. The number of H-pyrrole nitrogens is 2. The number of aromatic amines is 2. The van der Waals surface area contributed by atoms with Crippen molar-refractivity contribution in [3.63, 3.8) is 0 Å². The Morgan fingerprint density at radius 3 is 2.67 bits per heavy atom. The lowest BCUT2D eigenvalue weighted by atomic mass is 10.0. The highest BCUT2D eigenvalue weighted by atomic mass is 16.1. The van der Waals surface area contributed by atoms with Crippen LogP contribution in [0, 0.1) is 13.8 Å². The van der Waals surface area contributed by atoms with Gasteiger partial charge in [-0.2, -0.15) is 0 Å². The fourth-order valence-corrected chi connectivity index (χ4v) is 3.47. The molecule has 2 aromatic heterocycles. The van der Waals surface area contributed by atoms with E-state index in [1.807, 2.05) is 18.2 Å². The molecule has 4 aromatic rings. The average Bonchev–Trinajstić information content (AvgIpc) is 3.18. The summed E-state index contributed by atoms with van der Waals surface area (Å²) in [5, 5.41) is 3.38. The van der Waals surface area contributed by atoms with Crippen LogP contribution in [-0.2, 0) is 0 Å². The Balaban J connectivity index is 2.00. The Morgan fingerprint density at radius 1 is 1.11 bits per heavy atom. The van der Waals surface area contributed by atoms with Gasteiger partial charge < -0.3 is 10.3 Å². The summed E-state index contributed by atoms with van der Waals surface area (Å²) in [7, 11) is 0. The second-order valence-corrected chi connectivity index (χ2v) is 7.21. The third-order valence-corrected chi connectivity index (χ3v) is 4.63. The maximum Gasteiger partial charge on any atom is 0.332 e. The molecule has 4 rings (SSSR count). The van der Waals surface area contributed by atoms with Crippen LogP contribution < -0.4 is 11.0 Å². The van der Waals surface area contributed by atoms with Crippen molar-refractivity contribution < 1.29 is 0 Å². The van der Waals surface area contributed by atoms with Crippen molar-refractivity contribution in [2.75, 3.05) is 5.32 Å².